The molecule has 1 amide bonds. The molecule has 0 spiro atoms. The normalized spacial score (nSPS) is 20.9. The lowest BCUT2D eigenvalue weighted by Gasteiger charge is -2.40. The van der Waals surface area contributed by atoms with Crippen molar-refractivity contribution in [2.24, 2.45) is 0 Å². The molecule has 2 saturated heterocycles. The summed E-state index contributed by atoms with van der Waals surface area (Å²) in [5.74, 6) is 0.384. The zero-order chi connectivity index (χ0) is 29.9. The minimum atomic E-state index is -0.272. The molecule has 0 saturated carbocycles. The predicted molar refractivity (Wildman–Crippen MR) is 166 cm³/mol. The lowest BCUT2D eigenvalue weighted by atomic mass is 10.1. The van der Waals surface area contributed by atoms with E-state index < -0.39 is 0 Å². The average molecular weight is 584 g/mol. The van der Waals surface area contributed by atoms with Crippen LogP contribution in [0.25, 0.3) is 15.6 Å². The molecule has 2 aromatic carbocycles. The molecule has 0 aliphatic carbocycles. The molecule has 3 aliphatic rings. The van der Waals surface area contributed by atoms with Crippen LogP contribution in [-0.2, 0) is 17.8 Å². The Labute approximate surface area is 252 Å². The number of aromatic nitrogens is 2. The molecule has 0 bridgehead atoms. The first kappa shape index (κ1) is 28.9. The molecule has 224 valence electrons. The molecule has 2 fully saturated rings. The number of halogens is 1. The lowest BCUT2D eigenvalue weighted by Crippen LogP contribution is -2.56. The minimum absolute atomic E-state index is 0.160. The molecule has 9 nitrogen and oxygen atoms in total. The molecule has 43 heavy (non-hydrogen) atoms. The Bertz CT molecular complexity index is 1560. The van der Waals surface area contributed by atoms with Crippen molar-refractivity contribution < 1.29 is 13.9 Å². The molecule has 10 heteroatoms. The third-order valence-electron chi connectivity index (χ3n) is 9.03. The Morgan fingerprint density at radius 1 is 1.12 bits per heavy atom. The van der Waals surface area contributed by atoms with Gasteiger partial charge in [-0.2, -0.15) is 9.97 Å². The Balaban J connectivity index is 1.37. The van der Waals surface area contributed by atoms with Gasteiger partial charge in [0, 0.05) is 43.2 Å². The van der Waals surface area contributed by atoms with Gasteiger partial charge in [0.15, 0.2) is 0 Å². The van der Waals surface area contributed by atoms with Crippen LogP contribution in [-0.4, -0.2) is 90.7 Å². The standard InChI is InChI=1S/C33H38FN7O2/c1-4-30(42)41-18-17-40(20-25(41)19-35-2)32-27-12-8-16-39(31-26-11-6-5-9-23(26)13-14-28(31)34)21-29(27)36-33(37-32)43-22-24-10-7-15-38(24)3/h4-6,9,11,13-14,24-25H,1,7-8,10,12,15-22H2,3H3/t24-,25-/m0/s1. The fourth-order valence-electron chi connectivity index (χ4n) is 6.73. The highest BCUT2D eigenvalue weighted by Crippen LogP contribution is 2.35. The highest BCUT2D eigenvalue weighted by atomic mass is 19.1. The predicted octanol–water partition coefficient (Wildman–Crippen LogP) is 4.32. The minimum Gasteiger partial charge on any atom is -0.462 e. The lowest BCUT2D eigenvalue weighted by molar-refractivity contribution is -0.128. The highest BCUT2D eigenvalue weighted by molar-refractivity contribution is 5.94. The molecular formula is C33H38FN7O2. The number of benzene rings is 2. The van der Waals surface area contributed by atoms with Crippen molar-refractivity contribution in [2.75, 3.05) is 62.7 Å². The van der Waals surface area contributed by atoms with Crippen molar-refractivity contribution >= 4 is 28.2 Å². The van der Waals surface area contributed by atoms with Crippen LogP contribution in [0.1, 0.15) is 30.5 Å². The maximum absolute atomic E-state index is 15.5. The van der Waals surface area contributed by atoms with E-state index in [1.54, 1.807) is 11.0 Å². The van der Waals surface area contributed by atoms with Gasteiger partial charge in [0.05, 0.1) is 17.9 Å². The molecule has 2 atom stereocenters. The first-order valence-electron chi connectivity index (χ1n) is 15.1. The highest BCUT2D eigenvalue weighted by Gasteiger charge is 2.35. The molecule has 3 aromatic rings. The van der Waals surface area contributed by atoms with Gasteiger partial charge in [0.2, 0.25) is 12.5 Å². The van der Waals surface area contributed by atoms with Crippen LogP contribution >= 0.6 is 0 Å². The first-order valence-corrected chi connectivity index (χ1v) is 15.1. The van der Waals surface area contributed by atoms with Crippen molar-refractivity contribution in [3.05, 3.63) is 77.5 Å². The molecule has 4 heterocycles. The molecule has 1 aromatic heterocycles. The number of nitrogens with zero attached hydrogens (tertiary/aromatic N) is 7. The Kier molecular flexibility index (Phi) is 8.43. The van der Waals surface area contributed by atoms with Crippen molar-refractivity contribution in [3.8, 4) is 6.01 Å². The van der Waals surface area contributed by atoms with Crippen molar-refractivity contribution in [3.63, 3.8) is 0 Å². The molecule has 0 N–H and O–H groups in total. The van der Waals surface area contributed by atoms with E-state index in [1.807, 2.05) is 30.3 Å². The summed E-state index contributed by atoms with van der Waals surface area (Å²) < 4.78 is 21.7. The summed E-state index contributed by atoms with van der Waals surface area (Å²) in [6, 6.07) is 11.6. The van der Waals surface area contributed by atoms with Crippen LogP contribution in [0.2, 0.25) is 0 Å². The Hall–Kier alpha value is -4.23. The van der Waals surface area contributed by atoms with Gasteiger partial charge in [0.25, 0.3) is 0 Å². The van der Waals surface area contributed by atoms with Gasteiger partial charge in [-0.15, -0.1) is 0 Å². The average Bonchev–Trinajstić information content (AvgIpc) is 3.31. The Morgan fingerprint density at radius 2 is 1.98 bits per heavy atom. The zero-order valence-electron chi connectivity index (χ0n) is 24.7. The van der Waals surface area contributed by atoms with E-state index in [1.165, 1.54) is 6.08 Å². The zero-order valence-corrected chi connectivity index (χ0v) is 24.7. The molecule has 0 radical (unpaired) electrons. The monoisotopic (exact) mass is 583 g/mol. The van der Waals surface area contributed by atoms with Gasteiger partial charge in [-0.1, -0.05) is 36.9 Å². The number of amides is 1. The van der Waals surface area contributed by atoms with E-state index in [9.17, 15) is 4.79 Å². The second-order valence-electron chi connectivity index (χ2n) is 11.7. The summed E-state index contributed by atoms with van der Waals surface area (Å²) in [4.78, 5) is 34.4. The van der Waals surface area contributed by atoms with Gasteiger partial charge < -0.3 is 29.2 Å². The van der Waals surface area contributed by atoms with E-state index in [2.05, 4.69) is 33.2 Å². The molecular weight excluding hydrogens is 545 g/mol. The fourth-order valence-corrected chi connectivity index (χ4v) is 6.73. The Morgan fingerprint density at radius 3 is 2.77 bits per heavy atom. The number of likely N-dealkylation sites (N-methyl/N-ethyl adjacent to an activating group) is 1. The quantitative estimate of drug-likeness (QED) is 0.303. The molecule has 0 unspecified atom stereocenters. The third-order valence-corrected chi connectivity index (χ3v) is 9.03. The second-order valence-corrected chi connectivity index (χ2v) is 11.7. The topological polar surface area (TPSA) is 69.4 Å². The number of piperazine rings is 1. The number of likely N-dealkylation sites (tertiary alicyclic amines) is 1. The summed E-state index contributed by atoms with van der Waals surface area (Å²) in [5.41, 5.74) is 2.45. The van der Waals surface area contributed by atoms with E-state index in [4.69, 9.17) is 21.3 Å². The number of fused-ring (bicyclic) bond motifs is 2. The van der Waals surface area contributed by atoms with Crippen LogP contribution in [0, 0.1) is 12.4 Å². The number of rotatable bonds is 7. The van der Waals surface area contributed by atoms with Crippen molar-refractivity contribution in [2.45, 2.75) is 44.3 Å². The van der Waals surface area contributed by atoms with Crippen molar-refractivity contribution in [1.29, 1.82) is 0 Å². The number of carbonyl (C=O) groups is 1. The van der Waals surface area contributed by atoms with Crippen LogP contribution in [0.15, 0.2) is 49.1 Å². The van der Waals surface area contributed by atoms with Crippen LogP contribution in [0.3, 0.4) is 0 Å². The summed E-state index contributed by atoms with van der Waals surface area (Å²) in [6.07, 6.45) is 5.07. The number of hydrogen-bond acceptors (Lipinski definition) is 7. The van der Waals surface area contributed by atoms with Crippen LogP contribution in [0.5, 0.6) is 6.01 Å². The largest absolute Gasteiger partial charge is 0.462 e. The summed E-state index contributed by atoms with van der Waals surface area (Å²) >= 11 is 0. The SMILES string of the molecule is [C-]#[N+]C[C@H]1CN(c2nc(OC[C@@H]3CCCN3C)nc3c2CCCN(c2c(F)ccc4ccccc24)C3)CCN1C(=O)C=C. The summed E-state index contributed by atoms with van der Waals surface area (Å²) in [6.45, 7) is 15.5. The van der Waals surface area contributed by atoms with Crippen LogP contribution in [0.4, 0.5) is 15.9 Å². The van der Waals surface area contributed by atoms with E-state index in [0.717, 1.165) is 60.1 Å². The summed E-state index contributed by atoms with van der Waals surface area (Å²) in [7, 11) is 2.11. The van der Waals surface area contributed by atoms with E-state index in [0.29, 0.717) is 57.1 Å². The van der Waals surface area contributed by atoms with Gasteiger partial charge in [-0.25, -0.2) is 11.0 Å². The van der Waals surface area contributed by atoms with Gasteiger partial charge in [-0.3, -0.25) is 4.79 Å². The number of ether oxygens (including phenoxy) is 1. The first-order chi connectivity index (χ1) is 21.0. The smallest absolute Gasteiger partial charge is 0.318 e. The van der Waals surface area contributed by atoms with Gasteiger partial charge in [-0.05, 0) is 56.8 Å². The van der Waals surface area contributed by atoms with Crippen LogP contribution < -0.4 is 14.5 Å². The number of anilines is 2. The van der Waals surface area contributed by atoms with E-state index in [-0.39, 0.29) is 24.3 Å². The van der Waals surface area contributed by atoms with Crippen molar-refractivity contribution in [1.82, 2.24) is 19.8 Å². The second kappa shape index (κ2) is 12.6. The summed E-state index contributed by atoms with van der Waals surface area (Å²) in [5, 5.41) is 1.88. The fraction of sp³-hybridized carbons (Fsp3) is 0.455. The number of hydrogen-bond donors (Lipinski definition) is 0. The number of carbonyl (C=O) groups excluding carboxylic acids is 1. The third kappa shape index (κ3) is 5.87. The molecule has 6 rings (SSSR count). The van der Waals surface area contributed by atoms with Gasteiger partial charge >= 0.3 is 6.01 Å². The maximum atomic E-state index is 15.5. The van der Waals surface area contributed by atoms with Gasteiger partial charge in [0.1, 0.15) is 24.3 Å². The maximum Gasteiger partial charge on any atom is 0.318 e. The molecule has 3 aliphatic heterocycles. The van der Waals surface area contributed by atoms with E-state index >= 15 is 4.39 Å².